The number of ether oxygens (including phenoxy) is 1. The lowest BCUT2D eigenvalue weighted by molar-refractivity contribution is 0.124. The summed E-state index contributed by atoms with van der Waals surface area (Å²) in [6, 6.07) is 0. The van der Waals surface area contributed by atoms with Gasteiger partial charge in [-0.3, -0.25) is 4.68 Å². The average molecular weight is 183 g/mol. The van der Waals surface area contributed by atoms with Crippen molar-refractivity contribution in [3.8, 4) is 0 Å². The number of nitrogen functional groups attached to an aromatic ring is 1. The summed E-state index contributed by atoms with van der Waals surface area (Å²) < 4.78 is 7.22. The zero-order valence-corrected chi connectivity index (χ0v) is 8.29. The highest BCUT2D eigenvalue weighted by Gasteiger charge is 2.01. The van der Waals surface area contributed by atoms with Crippen molar-refractivity contribution in [2.75, 3.05) is 18.9 Å². The second kappa shape index (κ2) is 4.87. The van der Waals surface area contributed by atoms with E-state index in [9.17, 15) is 0 Å². The van der Waals surface area contributed by atoms with Gasteiger partial charge in [0.15, 0.2) is 0 Å². The molecule has 74 valence electrons. The van der Waals surface area contributed by atoms with Gasteiger partial charge >= 0.3 is 0 Å². The van der Waals surface area contributed by atoms with E-state index >= 15 is 0 Å². The number of aromatic nitrogens is 2. The molecule has 0 aromatic carbocycles. The van der Waals surface area contributed by atoms with Gasteiger partial charge in [0, 0.05) is 6.61 Å². The molecule has 4 heteroatoms. The zero-order valence-electron chi connectivity index (χ0n) is 8.29. The van der Waals surface area contributed by atoms with Crippen molar-refractivity contribution >= 4 is 5.69 Å². The smallest absolute Gasteiger partial charge is 0.0730 e. The average Bonchev–Trinajstić information content (AvgIpc) is 2.43. The summed E-state index contributed by atoms with van der Waals surface area (Å²) in [7, 11) is 0. The molecule has 2 N–H and O–H groups in total. The Balaban J connectivity index is 2.32. The van der Waals surface area contributed by atoms with Crippen LogP contribution >= 0.6 is 0 Å². The maximum Gasteiger partial charge on any atom is 0.0730 e. The minimum Gasteiger partial charge on any atom is -0.396 e. The standard InChI is InChI=1S/C9H17N3O/c1-3-5-13-6-4-12-8(2)9(10)7-11-12/h7H,3-6,10H2,1-2H3. The van der Waals surface area contributed by atoms with E-state index in [1.54, 1.807) is 6.20 Å². The number of nitrogens with zero attached hydrogens (tertiary/aromatic N) is 2. The number of anilines is 1. The molecule has 1 rings (SSSR count). The maximum atomic E-state index is 5.65. The predicted octanol–water partition coefficient (Wildman–Crippen LogP) is 1.20. The van der Waals surface area contributed by atoms with Crippen LogP contribution in [0, 0.1) is 6.92 Å². The molecule has 0 bridgehead atoms. The topological polar surface area (TPSA) is 53.1 Å². The first-order chi connectivity index (χ1) is 6.25. The first-order valence-corrected chi connectivity index (χ1v) is 4.61. The molecule has 0 aliphatic carbocycles. The Bertz CT molecular complexity index is 257. The van der Waals surface area contributed by atoms with Crippen molar-refractivity contribution in [2.24, 2.45) is 0 Å². The highest BCUT2D eigenvalue weighted by Crippen LogP contribution is 2.07. The largest absolute Gasteiger partial charge is 0.396 e. The van der Waals surface area contributed by atoms with Crippen LogP contribution in [-0.4, -0.2) is 23.0 Å². The second-order valence-electron chi connectivity index (χ2n) is 3.02. The maximum absolute atomic E-state index is 5.65. The van der Waals surface area contributed by atoms with Crippen LogP contribution in [-0.2, 0) is 11.3 Å². The molecule has 1 aromatic rings. The van der Waals surface area contributed by atoms with Crippen LogP contribution in [0.4, 0.5) is 5.69 Å². The fourth-order valence-electron chi connectivity index (χ4n) is 1.08. The minimum absolute atomic E-state index is 0.704. The third-order valence-electron chi connectivity index (χ3n) is 1.94. The number of rotatable bonds is 5. The van der Waals surface area contributed by atoms with E-state index in [-0.39, 0.29) is 0 Å². The van der Waals surface area contributed by atoms with Crippen molar-refractivity contribution in [1.82, 2.24) is 9.78 Å². The molecule has 0 atom stereocenters. The molecule has 1 aromatic heterocycles. The van der Waals surface area contributed by atoms with Gasteiger partial charge in [-0.25, -0.2) is 0 Å². The molecular weight excluding hydrogens is 166 g/mol. The van der Waals surface area contributed by atoms with Crippen LogP contribution < -0.4 is 5.73 Å². The summed E-state index contributed by atoms with van der Waals surface area (Å²) in [6.07, 6.45) is 2.73. The van der Waals surface area contributed by atoms with Gasteiger partial charge in [-0.05, 0) is 13.3 Å². The molecule has 0 spiro atoms. The fraction of sp³-hybridized carbons (Fsp3) is 0.667. The molecule has 0 unspecified atom stereocenters. The Hall–Kier alpha value is -1.03. The Labute approximate surface area is 78.7 Å². The van der Waals surface area contributed by atoms with Crippen LogP contribution in [0.5, 0.6) is 0 Å². The van der Waals surface area contributed by atoms with Gasteiger partial charge < -0.3 is 10.5 Å². The van der Waals surface area contributed by atoms with Crippen LogP contribution in [0.25, 0.3) is 0 Å². The molecule has 4 nitrogen and oxygen atoms in total. The zero-order chi connectivity index (χ0) is 9.68. The van der Waals surface area contributed by atoms with Gasteiger partial charge in [0.05, 0.1) is 30.7 Å². The van der Waals surface area contributed by atoms with Crippen LogP contribution in [0.2, 0.25) is 0 Å². The quantitative estimate of drug-likeness (QED) is 0.698. The highest BCUT2D eigenvalue weighted by atomic mass is 16.5. The third-order valence-corrected chi connectivity index (χ3v) is 1.94. The minimum atomic E-state index is 0.704. The summed E-state index contributed by atoms with van der Waals surface area (Å²) in [4.78, 5) is 0. The van der Waals surface area contributed by atoms with Gasteiger partial charge in [0.25, 0.3) is 0 Å². The van der Waals surface area contributed by atoms with Crippen molar-refractivity contribution in [1.29, 1.82) is 0 Å². The van der Waals surface area contributed by atoms with E-state index in [2.05, 4.69) is 12.0 Å². The molecule has 0 fully saturated rings. The normalized spacial score (nSPS) is 10.6. The van der Waals surface area contributed by atoms with Crippen LogP contribution in [0.3, 0.4) is 0 Å². The summed E-state index contributed by atoms with van der Waals surface area (Å²) in [6.45, 7) is 6.36. The Kier molecular flexibility index (Phi) is 3.76. The first-order valence-electron chi connectivity index (χ1n) is 4.61. The lowest BCUT2D eigenvalue weighted by Gasteiger charge is -2.04. The van der Waals surface area contributed by atoms with Crippen molar-refractivity contribution < 1.29 is 4.74 Å². The van der Waals surface area contributed by atoms with Crippen LogP contribution in [0.1, 0.15) is 19.0 Å². The second-order valence-corrected chi connectivity index (χ2v) is 3.02. The molecule has 13 heavy (non-hydrogen) atoms. The Morgan fingerprint density at radius 1 is 1.54 bits per heavy atom. The summed E-state index contributed by atoms with van der Waals surface area (Å²) in [5.41, 5.74) is 7.41. The van der Waals surface area contributed by atoms with Crippen LogP contribution in [0.15, 0.2) is 6.20 Å². The predicted molar refractivity (Wildman–Crippen MR) is 52.5 cm³/mol. The van der Waals surface area contributed by atoms with Gasteiger partial charge in [-0.2, -0.15) is 5.10 Å². The van der Waals surface area contributed by atoms with Gasteiger partial charge in [-0.15, -0.1) is 0 Å². The van der Waals surface area contributed by atoms with Gasteiger partial charge in [-0.1, -0.05) is 6.92 Å². The van der Waals surface area contributed by atoms with Crippen molar-refractivity contribution in [2.45, 2.75) is 26.8 Å². The van der Waals surface area contributed by atoms with E-state index < -0.39 is 0 Å². The molecule has 0 aliphatic rings. The molecule has 1 heterocycles. The van der Waals surface area contributed by atoms with Crippen molar-refractivity contribution in [3.63, 3.8) is 0 Å². The summed E-state index contributed by atoms with van der Waals surface area (Å²) in [5, 5.41) is 4.12. The molecular formula is C9H17N3O. The SMILES string of the molecule is CCCOCCn1ncc(N)c1C. The highest BCUT2D eigenvalue weighted by molar-refractivity contribution is 5.39. The monoisotopic (exact) mass is 183 g/mol. The van der Waals surface area contributed by atoms with E-state index in [0.29, 0.717) is 6.61 Å². The lowest BCUT2D eigenvalue weighted by Crippen LogP contribution is -2.09. The third kappa shape index (κ3) is 2.73. The van der Waals surface area contributed by atoms with E-state index in [1.807, 2.05) is 11.6 Å². The van der Waals surface area contributed by atoms with Gasteiger partial charge in [0.1, 0.15) is 0 Å². The lowest BCUT2D eigenvalue weighted by atomic mass is 10.4. The van der Waals surface area contributed by atoms with Crippen molar-refractivity contribution in [3.05, 3.63) is 11.9 Å². The number of nitrogens with two attached hydrogens (primary N) is 1. The first kappa shape index (κ1) is 10.1. The summed E-state index contributed by atoms with van der Waals surface area (Å²) >= 11 is 0. The fourth-order valence-corrected chi connectivity index (χ4v) is 1.08. The molecule has 0 saturated heterocycles. The van der Waals surface area contributed by atoms with Gasteiger partial charge in [0.2, 0.25) is 0 Å². The summed E-state index contributed by atoms with van der Waals surface area (Å²) in [5.74, 6) is 0. The molecule has 0 amide bonds. The van der Waals surface area contributed by atoms with E-state index in [1.165, 1.54) is 0 Å². The molecule has 0 radical (unpaired) electrons. The Morgan fingerprint density at radius 2 is 2.31 bits per heavy atom. The molecule has 0 saturated carbocycles. The Morgan fingerprint density at radius 3 is 2.85 bits per heavy atom. The number of hydrogen-bond acceptors (Lipinski definition) is 3. The molecule has 0 aliphatic heterocycles. The van der Waals surface area contributed by atoms with E-state index in [4.69, 9.17) is 10.5 Å². The van der Waals surface area contributed by atoms with E-state index in [0.717, 1.165) is 31.0 Å². The number of hydrogen-bond donors (Lipinski definition) is 1.